The number of phenols is 1. The number of anilines is 1. The van der Waals surface area contributed by atoms with Crippen LogP contribution in [0.25, 0.3) is 22.4 Å². The van der Waals surface area contributed by atoms with Gasteiger partial charge in [0.2, 0.25) is 0 Å². The highest BCUT2D eigenvalue weighted by molar-refractivity contribution is 5.74. The maximum Gasteiger partial charge on any atom is 0.250 e. The van der Waals surface area contributed by atoms with Crippen LogP contribution in [0, 0.1) is 0 Å². The molecule has 3 heterocycles. The Morgan fingerprint density at radius 2 is 1.69 bits per heavy atom. The second-order valence-electron chi connectivity index (χ2n) is 10.0. The van der Waals surface area contributed by atoms with Gasteiger partial charge in [-0.1, -0.05) is 6.07 Å². The minimum Gasteiger partial charge on any atom is -0.507 e. The summed E-state index contributed by atoms with van der Waals surface area (Å²) in [6.07, 6.45) is 3.69. The van der Waals surface area contributed by atoms with Crippen molar-refractivity contribution in [1.82, 2.24) is 20.1 Å². The summed E-state index contributed by atoms with van der Waals surface area (Å²) in [7, 11) is 1.71. The van der Waals surface area contributed by atoms with Crippen LogP contribution in [0.4, 0.5) is 5.82 Å². The molecule has 1 aliphatic heterocycles. The fourth-order valence-electron chi connectivity index (χ4n) is 4.84. The van der Waals surface area contributed by atoms with Gasteiger partial charge >= 0.3 is 0 Å². The predicted molar refractivity (Wildman–Crippen MR) is 128 cm³/mol. The largest absolute Gasteiger partial charge is 0.507 e. The first kappa shape index (κ1) is 22.0. The summed E-state index contributed by atoms with van der Waals surface area (Å²) in [5.74, 6) is 0.823. The van der Waals surface area contributed by atoms with Crippen LogP contribution in [0.2, 0.25) is 0 Å². The Morgan fingerprint density at radius 3 is 2.28 bits per heavy atom. The van der Waals surface area contributed by atoms with Gasteiger partial charge in [-0.25, -0.2) is 0 Å². The fourth-order valence-corrected chi connectivity index (χ4v) is 4.84. The van der Waals surface area contributed by atoms with Crippen LogP contribution >= 0.6 is 0 Å². The number of rotatable bonds is 4. The van der Waals surface area contributed by atoms with Gasteiger partial charge in [0.05, 0.1) is 5.69 Å². The molecule has 0 radical (unpaired) electrons. The van der Waals surface area contributed by atoms with E-state index >= 15 is 0 Å². The highest BCUT2D eigenvalue weighted by Gasteiger charge is 2.37. The number of aromatic nitrogens is 3. The Labute approximate surface area is 188 Å². The Kier molecular flexibility index (Phi) is 5.54. The summed E-state index contributed by atoms with van der Waals surface area (Å²) in [5.41, 5.74) is 2.71. The van der Waals surface area contributed by atoms with Gasteiger partial charge in [-0.05, 0) is 82.0 Å². The third kappa shape index (κ3) is 4.83. The van der Waals surface area contributed by atoms with Crippen LogP contribution in [-0.4, -0.2) is 37.0 Å². The predicted octanol–water partition coefficient (Wildman–Crippen LogP) is 3.94. The summed E-state index contributed by atoms with van der Waals surface area (Å²) >= 11 is 0. The average molecular weight is 434 g/mol. The molecule has 0 aliphatic carbocycles. The van der Waals surface area contributed by atoms with Gasteiger partial charge in [0.25, 0.3) is 5.56 Å². The van der Waals surface area contributed by atoms with Crippen molar-refractivity contribution < 1.29 is 5.11 Å². The lowest BCUT2D eigenvalue weighted by Gasteiger charge is -2.46. The molecular weight excluding hydrogens is 402 g/mol. The van der Waals surface area contributed by atoms with Gasteiger partial charge < -0.3 is 20.3 Å². The molecule has 0 unspecified atom stereocenters. The van der Waals surface area contributed by atoms with Gasteiger partial charge in [0, 0.05) is 42.0 Å². The molecule has 0 atom stereocenters. The molecule has 1 fully saturated rings. The zero-order valence-corrected chi connectivity index (χ0v) is 19.3. The molecule has 32 heavy (non-hydrogen) atoms. The van der Waals surface area contributed by atoms with Crippen molar-refractivity contribution in [3.63, 3.8) is 0 Å². The molecule has 3 aromatic rings. The first-order chi connectivity index (χ1) is 15.0. The van der Waals surface area contributed by atoms with Crippen LogP contribution in [0.15, 0.2) is 53.5 Å². The number of phenolic OH excluding ortho intramolecular Hbond substituents is 1. The van der Waals surface area contributed by atoms with Gasteiger partial charge in [0.1, 0.15) is 11.6 Å². The van der Waals surface area contributed by atoms with E-state index in [2.05, 4.69) is 48.5 Å². The molecular formula is C25H31N5O2. The van der Waals surface area contributed by atoms with Crippen molar-refractivity contribution in [3.05, 3.63) is 59.0 Å². The van der Waals surface area contributed by atoms with Gasteiger partial charge in [0.15, 0.2) is 0 Å². The Bertz CT molecular complexity index is 1170. The molecule has 1 saturated heterocycles. The number of pyridine rings is 1. The summed E-state index contributed by atoms with van der Waals surface area (Å²) in [5, 5.41) is 26.5. The maximum atomic E-state index is 11.9. The third-order valence-corrected chi connectivity index (χ3v) is 5.92. The van der Waals surface area contributed by atoms with E-state index in [9.17, 15) is 9.90 Å². The molecule has 3 N–H and O–H groups in total. The van der Waals surface area contributed by atoms with Crippen LogP contribution in [-0.2, 0) is 7.05 Å². The summed E-state index contributed by atoms with van der Waals surface area (Å²) < 4.78 is 1.51. The van der Waals surface area contributed by atoms with Gasteiger partial charge in [-0.3, -0.25) is 4.79 Å². The number of aromatic hydroxyl groups is 1. The van der Waals surface area contributed by atoms with Gasteiger partial charge in [-0.2, -0.15) is 0 Å². The molecule has 7 nitrogen and oxygen atoms in total. The molecule has 7 heteroatoms. The number of hydrogen-bond acceptors (Lipinski definition) is 6. The second kappa shape index (κ2) is 8.06. The smallest absolute Gasteiger partial charge is 0.250 e. The van der Waals surface area contributed by atoms with Crippen LogP contribution < -0.4 is 16.2 Å². The standard InChI is InChI=1S/C25H31N5O2/c1-24(2)14-18(15-25(3,4)29-24)26-22-9-8-20(27-28-22)19-7-6-16(12-21(19)31)17-10-11-30(5)23(32)13-17/h6-13,18,29,31H,14-15H2,1-5H3,(H,26,28). The first-order valence-corrected chi connectivity index (χ1v) is 10.9. The number of hydrogen-bond donors (Lipinski definition) is 3. The van der Waals surface area contributed by atoms with E-state index in [1.165, 1.54) is 4.57 Å². The zero-order chi connectivity index (χ0) is 23.1. The van der Waals surface area contributed by atoms with Crippen LogP contribution in [0.1, 0.15) is 40.5 Å². The van der Waals surface area contributed by atoms with Gasteiger partial charge in [-0.15, -0.1) is 10.2 Å². The highest BCUT2D eigenvalue weighted by Crippen LogP contribution is 2.33. The van der Waals surface area contributed by atoms with E-state index in [-0.39, 0.29) is 22.4 Å². The lowest BCUT2D eigenvalue weighted by atomic mass is 9.79. The minimum atomic E-state index is -0.0967. The molecule has 4 rings (SSSR count). The quantitative estimate of drug-likeness (QED) is 0.577. The normalized spacial score (nSPS) is 17.8. The summed E-state index contributed by atoms with van der Waals surface area (Å²) in [4.78, 5) is 11.9. The third-order valence-electron chi connectivity index (χ3n) is 5.92. The molecule has 1 aromatic carbocycles. The van der Waals surface area contributed by atoms with Crippen molar-refractivity contribution >= 4 is 5.82 Å². The molecule has 0 spiro atoms. The minimum absolute atomic E-state index is 0.0450. The van der Waals surface area contributed by atoms with Crippen molar-refractivity contribution in [1.29, 1.82) is 0 Å². The zero-order valence-electron chi connectivity index (χ0n) is 19.3. The second-order valence-corrected chi connectivity index (χ2v) is 10.0. The summed E-state index contributed by atoms with van der Waals surface area (Å²) in [6.45, 7) is 8.88. The Morgan fingerprint density at radius 1 is 1.00 bits per heavy atom. The van der Waals surface area contributed by atoms with E-state index in [0.717, 1.165) is 29.8 Å². The Hall–Kier alpha value is -3.19. The molecule has 0 saturated carbocycles. The number of benzene rings is 1. The van der Waals surface area contributed by atoms with E-state index in [4.69, 9.17) is 0 Å². The Balaban J connectivity index is 1.51. The number of nitrogens with one attached hydrogen (secondary N) is 2. The molecule has 0 bridgehead atoms. The van der Waals surface area contributed by atoms with Crippen molar-refractivity contribution in [2.45, 2.75) is 57.7 Å². The van der Waals surface area contributed by atoms with E-state index in [1.807, 2.05) is 24.3 Å². The average Bonchev–Trinajstić information content (AvgIpc) is 2.68. The topological polar surface area (TPSA) is 92.1 Å². The monoisotopic (exact) mass is 433 g/mol. The molecule has 1 aliphatic rings. The molecule has 2 aromatic heterocycles. The van der Waals surface area contributed by atoms with Crippen molar-refractivity contribution in [3.8, 4) is 28.1 Å². The fraction of sp³-hybridized carbons (Fsp3) is 0.400. The first-order valence-electron chi connectivity index (χ1n) is 10.9. The SMILES string of the molecule is Cn1ccc(-c2ccc(-c3ccc(NC4CC(C)(C)NC(C)(C)C4)nn3)c(O)c2)cc1=O. The lowest BCUT2D eigenvalue weighted by molar-refractivity contribution is 0.170. The maximum absolute atomic E-state index is 11.9. The van der Waals surface area contributed by atoms with E-state index in [1.54, 1.807) is 31.4 Å². The molecule has 168 valence electrons. The lowest BCUT2D eigenvalue weighted by Crippen LogP contribution is -2.60. The molecule has 0 amide bonds. The van der Waals surface area contributed by atoms with E-state index in [0.29, 0.717) is 17.3 Å². The van der Waals surface area contributed by atoms with Crippen molar-refractivity contribution in [2.75, 3.05) is 5.32 Å². The van der Waals surface area contributed by atoms with E-state index < -0.39 is 0 Å². The van der Waals surface area contributed by atoms with Crippen LogP contribution in [0.3, 0.4) is 0 Å². The summed E-state index contributed by atoms with van der Waals surface area (Å²) in [6, 6.07) is 12.8. The number of aryl methyl sites for hydroxylation is 1. The highest BCUT2D eigenvalue weighted by atomic mass is 16.3. The number of piperidine rings is 1. The van der Waals surface area contributed by atoms with Crippen molar-refractivity contribution in [2.24, 2.45) is 7.05 Å². The van der Waals surface area contributed by atoms with Crippen LogP contribution in [0.5, 0.6) is 5.75 Å². The number of nitrogens with zero attached hydrogens (tertiary/aromatic N) is 3.